The molecule has 1 saturated carbocycles. The maximum absolute atomic E-state index is 11.7. The summed E-state index contributed by atoms with van der Waals surface area (Å²) in [4.78, 5) is 8.59. The molecule has 112 valence electrons. The number of rotatable bonds is 3. The van der Waals surface area contributed by atoms with Crippen molar-refractivity contribution in [2.75, 3.05) is 11.6 Å². The van der Waals surface area contributed by atoms with Crippen molar-refractivity contribution in [2.45, 2.75) is 36.3 Å². The number of hydrogen-bond acceptors (Lipinski definition) is 6. The van der Waals surface area contributed by atoms with Crippen LogP contribution >= 0.6 is 0 Å². The van der Waals surface area contributed by atoms with E-state index in [0.29, 0.717) is 29.6 Å². The normalized spacial score (nSPS) is 25.6. The van der Waals surface area contributed by atoms with Crippen LogP contribution in [0.3, 0.4) is 0 Å². The minimum Gasteiger partial charge on any atom is -0.390 e. The Morgan fingerprint density at radius 3 is 2.67 bits per heavy atom. The van der Waals surface area contributed by atoms with Crippen molar-refractivity contribution >= 4 is 26.6 Å². The maximum atomic E-state index is 11.7. The van der Waals surface area contributed by atoms with Gasteiger partial charge in [-0.15, -0.1) is 0 Å². The van der Waals surface area contributed by atoms with E-state index in [4.69, 9.17) is 0 Å². The maximum Gasteiger partial charge on any atom is 0.175 e. The van der Waals surface area contributed by atoms with Crippen LogP contribution in [0.2, 0.25) is 0 Å². The fraction of sp³-hybridized carbons (Fsp3) is 0.429. The van der Waals surface area contributed by atoms with Crippen molar-refractivity contribution < 1.29 is 13.5 Å². The Hall–Kier alpha value is -1.73. The van der Waals surface area contributed by atoms with Gasteiger partial charge in [0.25, 0.3) is 0 Å². The van der Waals surface area contributed by atoms with E-state index >= 15 is 0 Å². The first-order chi connectivity index (χ1) is 9.74. The number of fused-ring (bicyclic) bond motifs is 1. The second-order valence-electron chi connectivity index (χ2n) is 5.92. The first kappa shape index (κ1) is 14.2. The predicted molar refractivity (Wildman–Crippen MR) is 79.9 cm³/mol. The summed E-state index contributed by atoms with van der Waals surface area (Å²) in [5, 5.41) is 13.7. The van der Waals surface area contributed by atoms with Crippen molar-refractivity contribution in [3.8, 4) is 0 Å². The summed E-state index contributed by atoms with van der Waals surface area (Å²) < 4.78 is 23.3. The number of aliphatic hydroxyl groups is 1. The Morgan fingerprint density at radius 2 is 2.05 bits per heavy atom. The minimum atomic E-state index is -3.27. The number of nitrogens with zero attached hydrogens (tertiary/aromatic N) is 2. The molecule has 1 aromatic carbocycles. The largest absolute Gasteiger partial charge is 0.390 e. The van der Waals surface area contributed by atoms with Gasteiger partial charge in [-0.05, 0) is 38.0 Å². The van der Waals surface area contributed by atoms with Gasteiger partial charge in [0.15, 0.2) is 9.84 Å². The van der Waals surface area contributed by atoms with Crippen molar-refractivity contribution in [2.24, 2.45) is 0 Å². The van der Waals surface area contributed by atoms with Crippen molar-refractivity contribution in [3.63, 3.8) is 0 Å². The standard InChI is InChI=1S/C14H17N3O3S/c1-14(18)6-9(7-14)17-13-11-5-10(21(2,19)20)3-4-12(11)15-8-16-13/h3-5,8-9,18H,6-7H2,1-2H3,(H,15,16,17). The highest BCUT2D eigenvalue weighted by Crippen LogP contribution is 2.34. The van der Waals surface area contributed by atoms with Gasteiger partial charge in [-0.3, -0.25) is 0 Å². The van der Waals surface area contributed by atoms with Crippen molar-refractivity contribution in [3.05, 3.63) is 24.5 Å². The van der Waals surface area contributed by atoms with Crippen LogP contribution in [0.25, 0.3) is 10.9 Å². The first-order valence-electron chi connectivity index (χ1n) is 6.68. The van der Waals surface area contributed by atoms with Gasteiger partial charge >= 0.3 is 0 Å². The van der Waals surface area contributed by atoms with Crippen LogP contribution in [-0.2, 0) is 9.84 Å². The number of sulfone groups is 1. The van der Waals surface area contributed by atoms with E-state index in [-0.39, 0.29) is 10.9 Å². The van der Waals surface area contributed by atoms with Gasteiger partial charge in [0.1, 0.15) is 12.1 Å². The average molecular weight is 307 g/mol. The van der Waals surface area contributed by atoms with E-state index in [1.165, 1.54) is 12.6 Å². The molecular weight excluding hydrogens is 290 g/mol. The molecule has 1 aromatic heterocycles. The zero-order valence-corrected chi connectivity index (χ0v) is 12.7. The van der Waals surface area contributed by atoms with Crippen LogP contribution in [0.1, 0.15) is 19.8 Å². The van der Waals surface area contributed by atoms with Gasteiger partial charge in [-0.1, -0.05) is 0 Å². The Balaban J connectivity index is 1.98. The molecule has 0 atom stereocenters. The molecule has 2 N–H and O–H groups in total. The summed E-state index contributed by atoms with van der Waals surface area (Å²) in [6, 6.07) is 4.95. The molecule has 0 spiro atoms. The molecule has 6 nitrogen and oxygen atoms in total. The van der Waals surface area contributed by atoms with Crippen LogP contribution in [0.15, 0.2) is 29.4 Å². The Labute approximate surface area is 123 Å². The Kier molecular flexibility index (Phi) is 3.14. The van der Waals surface area contributed by atoms with Crippen molar-refractivity contribution in [1.29, 1.82) is 0 Å². The summed E-state index contributed by atoms with van der Waals surface area (Å²) in [6.07, 6.45) is 3.91. The lowest BCUT2D eigenvalue weighted by molar-refractivity contribution is -0.0234. The molecule has 0 radical (unpaired) electrons. The zero-order valence-electron chi connectivity index (χ0n) is 11.9. The van der Waals surface area contributed by atoms with Gasteiger partial charge < -0.3 is 10.4 Å². The second kappa shape index (κ2) is 4.64. The van der Waals surface area contributed by atoms with Gasteiger partial charge in [0.2, 0.25) is 0 Å². The number of benzene rings is 1. The van der Waals surface area contributed by atoms with Gasteiger partial charge in [-0.2, -0.15) is 0 Å². The highest BCUT2D eigenvalue weighted by molar-refractivity contribution is 7.90. The first-order valence-corrected chi connectivity index (χ1v) is 8.57. The third-order valence-corrected chi connectivity index (χ3v) is 4.86. The van der Waals surface area contributed by atoms with Crippen LogP contribution in [-0.4, -0.2) is 41.4 Å². The smallest absolute Gasteiger partial charge is 0.175 e. The van der Waals surface area contributed by atoms with Crippen LogP contribution in [0.4, 0.5) is 5.82 Å². The number of hydrogen-bond donors (Lipinski definition) is 2. The third-order valence-electron chi connectivity index (χ3n) is 3.75. The molecule has 1 fully saturated rings. The third kappa shape index (κ3) is 2.84. The second-order valence-corrected chi connectivity index (χ2v) is 7.94. The SMILES string of the molecule is CC1(O)CC(Nc2ncnc3ccc(S(C)(=O)=O)cc23)C1. The average Bonchev–Trinajstić information content (AvgIpc) is 2.35. The summed E-state index contributed by atoms with van der Waals surface area (Å²) in [6.45, 7) is 1.80. The molecule has 0 bridgehead atoms. The van der Waals surface area contributed by atoms with E-state index < -0.39 is 15.4 Å². The summed E-state index contributed by atoms with van der Waals surface area (Å²) in [7, 11) is -3.27. The van der Waals surface area contributed by atoms with Gasteiger partial charge in [0, 0.05) is 17.7 Å². The molecule has 1 heterocycles. The molecule has 0 saturated heterocycles. The van der Waals surface area contributed by atoms with E-state index in [2.05, 4.69) is 15.3 Å². The topological polar surface area (TPSA) is 92.2 Å². The Morgan fingerprint density at radius 1 is 1.33 bits per heavy atom. The van der Waals surface area contributed by atoms with Crippen LogP contribution in [0.5, 0.6) is 0 Å². The molecule has 1 aliphatic rings. The van der Waals surface area contributed by atoms with E-state index in [0.717, 1.165) is 0 Å². The molecule has 7 heteroatoms. The summed E-state index contributed by atoms with van der Waals surface area (Å²) >= 11 is 0. The lowest BCUT2D eigenvalue weighted by atomic mass is 9.77. The molecule has 1 aliphatic carbocycles. The quantitative estimate of drug-likeness (QED) is 0.889. The summed E-state index contributed by atoms with van der Waals surface area (Å²) in [5.74, 6) is 0.603. The van der Waals surface area contributed by atoms with Crippen molar-refractivity contribution in [1.82, 2.24) is 9.97 Å². The van der Waals surface area contributed by atoms with E-state index in [1.807, 2.05) is 0 Å². The summed E-state index contributed by atoms with van der Waals surface area (Å²) in [5.41, 5.74) is 0.0595. The van der Waals surface area contributed by atoms with Gasteiger partial charge in [0.05, 0.1) is 16.0 Å². The number of anilines is 1. The van der Waals surface area contributed by atoms with Crippen LogP contribution < -0.4 is 5.32 Å². The Bertz CT molecular complexity index is 794. The molecular formula is C14H17N3O3S. The van der Waals surface area contributed by atoms with E-state index in [9.17, 15) is 13.5 Å². The monoisotopic (exact) mass is 307 g/mol. The molecule has 2 aromatic rings. The lowest BCUT2D eigenvalue weighted by Crippen LogP contribution is -2.48. The predicted octanol–water partition coefficient (Wildman–Crippen LogP) is 1.36. The number of nitrogens with one attached hydrogen (secondary N) is 1. The van der Waals surface area contributed by atoms with Gasteiger partial charge in [-0.25, -0.2) is 18.4 Å². The molecule has 0 unspecified atom stereocenters. The highest BCUT2D eigenvalue weighted by atomic mass is 32.2. The highest BCUT2D eigenvalue weighted by Gasteiger charge is 2.38. The molecule has 0 aliphatic heterocycles. The lowest BCUT2D eigenvalue weighted by Gasteiger charge is -2.41. The molecule has 0 amide bonds. The molecule has 21 heavy (non-hydrogen) atoms. The fourth-order valence-electron chi connectivity index (χ4n) is 2.68. The minimum absolute atomic E-state index is 0.139. The molecule has 3 rings (SSSR count). The van der Waals surface area contributed by atoms with E-state index in [1.54, 1.807) is 25.1 Å². The van der Waals surface area contributed by atoms with Crippen LogP contribution in [0, 0.1) is 0 Å². The fourth-order valence-corrected chi connectivity index (χ4v) is 3.33. The zero-order chi connectivity index (χ0) is 15.3. The number of aromatic nitrogens is 2.